The van der Waals surface area contributed by atoms with Crippen molar-refractivity contribution in [1.82, 2.24) is 5.32 Å². The number of anilines is 1. The molecular weight excluding hydrogens is 352 g/mol. The molecule has 0 aliphatic carbocycles. The summed E-state index contributed by atoms with van der Waals surface area (Å²) in [6, 6.07) is 24.9. The van der Waals surface area contributed by atoms with Crippen molar-refractivity contribution in [2.24, 2.45) is 0 Å². The smallest absolute Gasteiger partial charge is 0.256 e. The minimum Gasteiger partial charge on any atom is -0.497 e. The molecule has 3 aromatic rings. The van der Waals surface area contributed by atoms with Crippen molar-refractivity contribution < 1.29 is 14.3 Å². The molecule has 0 aliphatic rings. The van der Waals surface area contributed by atoms with E-state index < -0.39 is 0 Å². The Bertz CT molecular complexity index is 966. The number of hydrogen-bond donors (Lipinski definition) is 2. The fourth-order valence-corrected chi connectivity index (χ4v) is 2.53. The lowest BCUT2D eigenvalue weighted by Crippen LogP contribution is -2.27. The quantitative estimate of drug-likeness (QED) is 0.480. The highest BCUT2D eigenvalue weighted by atomic mass is 16.5. The minimum atomic E-state index is -0.311. The molecule has 0 fully saturated rings. The van der Waals surface area contributed by atoms with Crippen molar-refractivity contribution in [3.05, 3.63) is 108 Å². The summed E-state index contributed by atoms with van der Waals surface area (Å²) in [7, 11) is 1.59. The summed E-state index contributed by atoms with van der Waals surface area (Å²) < 4.78 is 5.15. The Morgan fingerprint density at radius 1 is 0.786 bits per heavy atom. The third-order valence-corrected chi connectivity index (χ3v) is 3.99. The van der Waals surface area contributed by atoms with Crippen LogP contribution in [0.1, 0.15) is 20.7 Å². The maximum absolute atomic E-state index is 12.6. The Labute approximate surface area is 163 Å². The number of benzene rings is 3. The largest absolute Gasteiger partial charge is 0.497 e. The van der Waals surface area contributed by atoms with Crippen LogP contribution in [0.15, 0.2) is 96.8 Å². The molecule has 5 nitrogen and oxygen atoms in total. The highest BCUT2D eigenvalue weighted by Gasteiger charge is 2.11. The fraction of sp³-hybridized carbons (Fsp3) is 0.0435. The van der Waals surface area contributed by atoms with Gasteiger partial charge in [0.2, 0.25) is 0 Å². The summed E-state index contributed by atoms with van der Waals surface area (Å²) in [5.41, 5.74) is 1.74. The van der Waals surface area contributed by atoms with E-state index in [0.717, 1.165) is 0 Å². The van der Waals surface area contributed by atoms with Gasteiger partial charge in [-0.15, -0.1) is 0 Å². The molecule has 5 heteroatoms. The number of ketones is 1. The van der Waals surface area contributed by atoms with Gasteiger partial charge in [-0.2, -0.15) is 0 Å². The number of rotatable bonds is 7. The van der Waals surface area contributed by atoms with Crippen LogP contribution in [0.5, 0.6) is 5.75 Å². The van der Waals surface area contributed by atoms with E-state index in [1.807, 2.05) is 12.1 Å². The molecule has 2 N–H and O–H groups in total. The van der Waals surface area contributed by atoms with Gasteiger partial charge in [0, 0.05) is 22.9 Å². The Morgan fingerprint density at radius 3 is 1.93 bits per heavy atom. The van der Waals surface area contributed by atoms with Gasteiger partial charge in [0.15, 0.2) is 5.78 Å². The number of amides is 1. The van der Waals surface area contributed by atoms with Crippen LogP contribution in [0, 0.1) is 0 Å². The first-order valence-electron chi connectivity index (χ1n) is 8.74. The van der Waals surface area contributed by atoms with Crippen molar-refractivity contribution in [2.75, 3.05) is 12.4 Å². The van der Waals surface area contributed by atoms with Crippen molar-refractivity contribution in [1.29, 1.82) is 0 Å². The van der Waals surface area contributed by atoms with Gasteiger partial charge in [-0.1, -0.05) is 48.5 Å². The fourth-order valence-electron chi connectivity index (χ4n) is 2.53. The average Bonchev–Trinajstić information content (AvgIpc) is 2.75. The lowest BCUT2D eigenvalue weighted by Gasteiger charge is -2.13. The van der Waals surface area contributed by atoms with Crippen molar-refractivity contribution in [2.45, 2.75) is 0 Å². The number of nitrogens with one attached hydrogen (secondary N) is 2. The average molecular weight is 372 g/mol. The molecule has 0 unspecified atom stereocenters. The molecule has 0 saturated carbocycles. The van der Waals surface area contributed by atoms with Crippen LogP contribution in [0.25, 0.3) is 0 Å². The van der Waals surface area contributed by atoms with E-state index in [4.69, 9.17) is 4.74 Å². The third kappa shape index (κ3) is 5.08. The van der Waals surface area contributed by atoms with Crippen molar-refractivity contribution >= 4 is 17.4 Å². The number of allylic oxidation sites excluding steroid dienone is 1. The van der Waals surface area contributed by atoms with E-state index in [1.165, 1.54) is 6.08 Å². The topological polar surface area (TPSA) is 67.4 Å². The summed E-state index contributed by atoms with van der Waals surface area (Å²) in [6.07, 6.45) is 1.38. The number of carbonyl (C=O) groups is 2. The maximum atomic E-state index is 12.6. The lowest BCUT2D eigenvalue weighted by atomic mass is 10.1. The number of hydrogen-bond acceptors (Lipinski definition) is 4. The van der Waals surface area contributed by atoms with E-state index in [-0.39, 0.29) is 17.5 Å². The SMILES string of the molecule is COc1ccc(N/C(=C/C(=O)c2ccccc2)NC(=O)c2ccccc2)cc1. The van der Waals surface area contributed by atoms with Crippen LogP contribution in [0.2, 0.25) is 0 Å². The Morgan fingerprint density at radius 2 is 1.36 bits per heavy atom. The molecule has 28 heavy (non-hydrogen) atoms. The maximum Gasteiger partial charge on any atom is 0.256 e. The van der Waals surface area contributed by atoms with Gasteiger partial charge in [-0.05, 0) is 36.4 Å². The standard InChI is InChI=1S/C23H20N2O3/c1-28-20-14-12-19(13-15-20)24-22(16-21(26)17-8-4-2-5-9-17)25-23(27)18-10-6-3-7-11-18/h2-16,24H,1H3,(H,25,27)/b22-16-. The zero-order chi connectivity index (χ0) is 19.8. The van der Waals surface area contributed by atoms with Crippen LogP contribution in [0.3, 0.4) is 0 Å². The summed E-state index contributed by atoms with van der Waals surface area (Å²) >= 11 is 0. The van der Waals surface area contributed by atoms with Gasteiger partial charge in [-0.3, -0.25) is 9.59 Å². The van der Waals surface area contributed by atoms with Crippen LogP contribution >= 0.6 is 0 Å². The summed E-state index contributed by atoms with van der Waals surface area (Å²) in [6.45, 7) is 0. The van der Waals surface area contributed by atoms with Gasteiger partial charge in [0.05, 0.1) is 7.11 Å². The van der Waals surface area contributed by atoms with E-state index in [1.54, 1.807) is 79.9 Å². The molecule has 0 saturated heterocycles. The molecule has 0 atom stereocenters. The zero-order valence-corrected chi connectivity index (χ0v) is 15.4. The number of ether oxygens (including phenoxy) is 1. The third-order valence-electron chi connectivity index (χ3n) is 3.99. The Hall–Kier alpha value is -3.86. The molecule has 140 valence electrons. The first kappa shape index (κ1) is 18.9. The molecule has 0 aliphatic heterocycles. The summed E-state index contributed by atoms with van der Waals surface area (Å²) in [4.78, 5) is 25.1. The Kier molecular flexibility index (Phi) is 6.21. The second-order valence-electron chi connectivity index (χ2n) is 5.96. The van der Waals surface area contributed by atoms with Gasteiger partial charge in [0.1, 0.15) is 11.6 Å². The molecule has 0 aromatic heterocycles. The highest BCUT2D eigenvalue weighted by Crippen LogP contribution is 2.16. The van der Waals surface area contributed by atoms with E-state index >= 15 is 0 Å². The van der Waals surface area contributed by atoms with Crippen molar-refractivity contribution in [3.8, 4) is 5.75 Å². The van der Waals surface area contributed by atoms with Gasteiger partial charge in [-0.25, -0.2) is 0 Å². The number of methoxy groups -OCH3 is 1. The molecule has 0 heterocycles. The molecule has 0 spiro atoms. The van der Waals surface area contributed by atoms with Crippen LogP contribution in [0.4, 0.5) is 5.69 Å². The van der Waals surface area contributed by atoms with Crippen LogP contribution in [-0.4, -0.2) is 18.8 Å². The van der Waals surface area contributed by atoms with Gasteiger partial charge >= 0.3 is 0 Å². The van der Waals surface area contributed by atoms with Gasteiger partial charge in [0.25, 0.3) is 5.91 Å². The first-order valence-corrected chi connectivity index (χ1v) is 8.74. The normalized spacial score (nSPS) is 10.8. The minimum absolute atomic E-state index is 0.218. The second kappa shape index (κ2) is 9.19. The van der Waals surface area contributed by atoms with E-state index in [0.29, 0.717) is 22.6 Å². The monoisotopic (exact) mass is 372 g/mol. The molecule has 3 rings (SSSR count). The zero-order valence-electron chi connectivity index (χ0n) is 15.4. The first-order chi connectivity index (χ1) is 13.7. The summed E-state index contributed by atoms with van der Waals surface area (Å²) in [5, 5.41) is 5.85. The molecule has 1 amide bonds. The molecule has 0 radical (unpaired) electrons. The van der Waals surface area contributed by atoms with Gasteiger partial charge < -0.3 is 15.4 Å². The van der Waals surface area contributed by atoms with E-state index in [2.05, 4.69) is 10.6 Å². The molecular formula is C23H20N2O3. The van der Waals surface area contributed by atoms with Crippen LogP contribution in [-0.2, 0) is 0 Å². The molecule has 3 aromatic carbocycles. The van der Waals surface area contributed by atoms with Crippen molar-refractivity contribution in [3.63, 3.8) is 0 Å². The molecule has 0 bridgehead atoms. The predicted octanol–water partition coefficient (Wildman–Crippen LogP) is 4.26. The summed E-state index contributed by atoms with van der Waals surface area (Å²) in [5.74, 6) is 0.469. The predicted molar refractivity (Wildman–Crippen MR) is 109 cm³/mol. The Balaban J connectivity index is 1.85. The highest BCUT2D eigenvalue weighted by molar-refractivity contribution is 6.06. The second-order valence-corrected chi connectivity index (χ2v) is 5.96. The lowest BCUT2D eigenvalue weighted by molar-refractivity contribution is 0.0966. The van der Waals surface area contributed by atoms with E-state index in [9.17, 15) is 9.59 Å². The number of carbonyl (C=O) groups excluding carboxylic acids is 2. The van der Waals surface area contributed by atoms with Crippen LogP contribution < -0.4 is 15.4 Å².